The van der Waals surface area contributed by atoms with Crippen molar-refractivity contribution in [3.05, 3.63) is 11.1 Å². The zero-order valence-corrected chi connectivity index (χ0v) is 6.83. The minimum absolute atomic E-state index is 1.26. The molecule has 0 aromatic rings. The van der Waals surface area contributed by atoms with Crippen LogP contribution in [0.25, 0.3) is 0 Å². The fourth-order valence-corrected chi connectivity index (χ4v) is 1.39. The van der Waals surface area contributed by atoms with E-state index >= 15 is 0 Å². The van der Waals surface area contributed by atoms with Crippen molar-refractivity contribution >= 4 is 26.2 Å². The molecule has 0 atom stereocenters. The maximum atomic E-state index is 3.15. The quantitative estimate of drug-likeness (QED) is 0.483. The van der Waals surface area contributed by atoms with E-state index in [1.54, 1.807) is 0 Å². The smallest absolute Gasteiger partial charge is 0.00758 e. The molecule has 0 saturated carbocycles. The van der Waals surface area contributed by atoms with E-state index in [-0.39, 0.29) is 0 Å². The van der Waals surface area contributed by atoms with Gasteiger partial charge in [-0.05, 0) is 11.0 Å². The monoisotopic (exact) mass is 150 g/mol. The van der Waals surface area contributed by atoms with E-state index in [1.807, 2.05) is 4.99 Å². The summed E-state index contributed by atoms with van der Waals surface area (Å²) in [7, 11) is 1.28. The van der Waals surface area contributed by atoms with Crippen molar-refractivity contribution in [3.63, 3.8) is 0 Å². The van der Waals surface area contributed by atoms with Crippen molar-refractivity contribution in [2.75, 3.05) is 0 Å². The SMILES string of the molecule is [SiH3]CC=CBr. The Morgan fingerprint density at radius 3 is 2.40 bits per heavy atom. The summed E-state index contributed by atoms with van der Waals surface area (Å²) in [5.41, 5.74) is 0. The van der Waals surface area contributed by atoms with Crippen molar-refractivity contribution in [1.82, 2.24) is 0 Å². The summed E-state index contributed by atoms with van der Waals surface area (Å²) in [4.78, 5) is 1.90. The molecule has 0 rings (SSSR count). The van der Waals surface area contributed by atoms with Crippen LogP contribution in [-0.4, -0.2) is 10.2 Å². The number of hydrogen-bond acceptors (Lipinski definition) is 0. The largest absolute Gasteiger partial charge is 0.0811 e. The van der Waals surface area contributed by atoms with Crippen molar-refractivity contribution in [2.45, 2.75) is 6.04 Å². The van der Waals surface area contributed by atoms with Crippen LogP contribution in [0.3, 0.4) is 0 Å². The van der Waals surface area contributed by atoms with E-state index in [2.05, 4.69) is 22.0 Å². The van der Waals surface area contributed by atoms with E-state index in [9.17, 15) is 0 Å². The Hall–Kier alpha value is 0.437. The molecule has 0 aliphatic heterocycles. The maximum Gasteiger partial charge on any atom is 0.00758 e. The van der Waals surface area contributed by atoms with Gasteiger partial charge in [-0.25, -0.2) is 0 Å². The van der Waals surface area contributed by atoms with E-state index < -0.39 is 0 Å². The molecule has 0 radical (unpaired) electrons. The van der Waals surface area contributed by atoms with Gasteiger partial charge < -0.3 is 0 Å². The minimum atomic E-state index is 1.26. The van der Waals surface area contributed by atoms with Crippen LogP contribution < -0.4 is 0 Å². The molecule has 0 fully saturated rings. The topological polar surface area (TPSA) is 0 Å². The van der Waals surface area contributed by atoms with Crippen molar-refractivity contribution in [2.24, 2.45) is 0 Å². The first-order valence-electron chi connectivity index (χ1n) is 1.67. The first-order valence-corrected chi connectivity index (χ1v) is 4.00. The second-order valence-corrected chi connectivity index (χ2v) is 2.12. The molecule has 0 saturated heterocycles. The molecule has 2 heteroatoms. The Kier molecular flexibility index (Phi) is 4.82. The lowest BCUT2D eigenvalue weighted by molar-refractivity contribution is 1.75. The second-order valence-electron chi connectivity index (χ2n) is 0.770. The van der Waals surface area contributed by atoms with Crippen LogP contribution in [0.1, 0.15) is 0 Å². The maximum absolute atomic E-state index is 3.15. The summed E-state index contributed by atoms with van der Waals surface area (Å²) >= 11 is 3.15. The molecule has 5 heavy (non-hydrogen) atoms. The Morgan fingerprint density at radius 2 is 2.40 bits per heavy atom. The van der Waals surface area contributed by atoms with Crippen LogP contribution >= 0.6 is 15.9 Å². The average Bonchev–Trinajstić information content (AvgIpc) is 1.41. The molecule has 0 N–H and O–H groups in total. The standard InChI is InChI=1S/C3H7BrSi/c4-2-1-3-5/h1-2H,3H2,5H3. The van der Waals surface area contributed by atoms with Gasteiger partial charge in [0, 0.05) is 10.2 Å². The molecule has 0 aromatic carbocycles. The fourth-order valence-electron chi connectivity index (χ4n) is 0.0891. The zero-order chi connectivity index (χ0) is 4.12. The molecule has 0 nitrogen and oxygen atoms in total. The van der Waals surface area contributed by atoms with E-state index in [0.717, 1.165) is 0 Å². The Morgan fingerprint density at radius 1 is 1.80 bits per heavy atom. The zero-order valence-electron chi connectivity index (χ0n) is 3.24. The minimum Gasteiger partial charge on any atom is -0.0811 e. The van der Waals surface area contributed by atoms with Gasteiger partial charge in [-0.15, -0.1) is 0 Å². The highest BCUT2D eigenvalue weighted by molar-refractivity contribution is 9.11. The Balaban J connectivity index is 2.62. The first-order chi connectivity index (χ1) is 2.41. The van der Waals surface area contributed by atoms with E-state index in [1.165, 1.54) is 16.3 Å². The van der Waals surface area contributed by atoms with Gasteiger partial charge in [0.2, 0.25) is 0 Å². The normalized spacial score (nSPS) is 10.6. The highest BCUT2D eigenvalue weighted by Crippen LogP contribution is 1.82. The number of rotatable bonds is 1. The number of hydrogen-bond donors (Lipinski definition) is 0. The third kappa shape index (κ3) is 4.44. The van der Waals surface area contributed by atoms with Crippen LogP contribution in [0, 0.1) is 0 Å². The van der Waals surface area contributed by atoms with Gasteiger partial charge >= 0.3 is 0 Å². The first kappa shape index (κ1) is 5.44. The molecule has 0 aromatic heterocycles. The van der Waals surface area contributed by atoms with Gasteiger partial charge in [-0.3, -0.25) is 0 Å². The molecule has 0 heterocycles. The summed E-state index contributed by atoms with van der Waals surface area (Å²) in [6.45, 7) is 0. The van der Waals surface area contributed by atoms with Crippen LogP contribution in [0.2, 0.25) is 6.04 Å². The van der Waals surface area contributed by atoms with Gasteiger partial charge in [0.1, 0.15) is 0 Å². The predicted octanol–water partition coefficient (Wildman–Crippen LogP) is 0.679. The highest BCUT2D eigenvalue weighted by atomic mass is 79.9. The molecule has 0 unspecified atom stereocenters. The molecule has 0 bridgehead atoms. The van der Waals surface area contributed by atoms with Crippen molar-refractivity contribution < 1.29 is 0 Å². The average molecular weight is 151 g/mol. The van der Waals surface area contributed by atoms with Crippen LogP contribution in [0.4, 0.5) is 0 Å². The van der Waals surface area contributed by atoms with Gasteiger partial charge in [0.25, 0.3) is 0 Å². The van der Waals surface area contributed by atoms with Gasteiger partial charge in [0.05, 0.1) is 0 Å². The predicted molar refractivity (Wildman–Crippen MR) is 32.8 cm³/mol. The van der Waals surface area contributed by atoms with Crippen LogP contribution in [-0.2, 0) is 0 Å². The lowest BCUT2D eigenvalue weighted by Crippen LogP contribution is -1.49. The highest BCUT2D eigenvalue weighted by Gasteiger charge is 1.54. The van der Waals surface area contributed by atoms with Crippen molar-refractivity contribution in [1.29, 1.82) is 0 Å². The Bertz CT molecular complexity index is 33.9. The second kappa shape index (κ2) is 4.44. The number of allylic oxidation sites excluding steroid dienone is 1. The number of halogens is 1. The summed E-state index contributed by atoms with van der Waals surface area (Å²) in [6, 6.07) is 1.26. The molecule has 0 spiro atoms. The molecular formula is C3H7BrSi. The summed E-state index contributed by atoms with van der Waals surface area (Å²) in [5, 5.41) is 0. The molecule has 0 amide bonds. The lowest BCUT2D eigenvalue weighted by atomic mass is 10.8. The van der Waals surface area contributed by atoms with Crippen molar-refractivity contribution in [3.8, 4) is 0 Å². The van der Waals surface area contributed by atoms with Crippen LogP contribution in [0.5, 0.6) is 0 Å². The lowest BCUT2D eigenvalue weighted by Gasteiger charge is -1.63. The molecule has 0 aliphatic carbocycles. The third-order valence-corrected chi connectivity index (χ3v) is 1.17. The van der Waals surface area contributed by atoms with E-state index in [0.29, 0.717) is 0 Å². The summed E-state index contributed by atoms with van der Waals surface area (Å²) in [5.74, 6) is 0. The summed E-state index contributed by atoms with van der Waals surface area (Å²) < 4.78 is 0. The third-order valence-electron chi connectivity index (χ3n) is 0.325. The van der Waals surface area contributed by atoms with Crippen LogP contribution in [0.15, 0.2) is 11.1 Å². The van der Waals surface area contributed by atoms with Gasteiger partial charge in [0.15, 0.2) is 0 Å². The summed E-state index contributed by atoms with van der Waals surface area (Å²) in [6.07, 6.45) is 2.10. The fraction of sp³-hybridized carbons (Fsp3) is 0.333. The van der Waals surface area contributed by atoms with Gasteiger partial charge in [-0.1, -0.05) is 22.0 Å². The van der Waals surface area contributed by atoms with Gasteiger partial charge in [-0.2, -0.15) is 0 Å². The molecule has 0 aliphatic rings. The molecule has 30 valence electrons. The Labute approximate surface area is 43.8 Å². The molecular weight excluding hydrogens is 144 g/mol. The van der Waals surface area contributed by atoms with E-state index in [4.69, 9.17) is 0 Å².